The number of benzene rings is 1. The molecule has 0 radical (unpaired) electrons. The number of hydrogen-bond donors (Lipinski definition) is 2. The highest BCUT2D eigenvalue weighted by atomic mass is 32.1. The molecular weight excluding hydrogens is 447 g/mol. The van der Waals surface area contributed by atoms with Crippen LogP contribution in [0.2, 0.25) is 0 Å². The van der Waals surface area contributed by atoms with Gasteiger partial charge in [0.25, 0.3) is 0 Å². The van der Waals surface area contributed by atoms with E-state index in [1.807, 2.05) is 7.05 Å². The Morgan fingerprint density at radius 3 is 2.64 bits per heavy atom. The molecule has 4 rings (SSSR count). The SMILES string of the molecule is CC(=O)N(C)[C@H]1CC[C@H](Oc2cc(F)ccc2Nc2ncnc3sc(C(=O)O)c(C)c23)CC1. The minimum atomic E-state index is -1.02. The lowest BCUT2D eigenvalue weighted by atomic mass is 9.92. The Bertz CT molecular complexity index is 1210. The maximum absolute atomic E-state index is 14.1. The van der Waals surface area contributed by atoms with Crippen molar-refractivity contribution >= 4 is 44.9 Å². The number of halogens is 1. The van der Waals surface area contributed by atoms with E-state index >= 15 is 0 Å². The molecule has 0 aliphatic heterocycles. The Balaban J connectivity index is 1.57. The predicted molar refractivity (Wildman–Crippen MR) is 124 cm³/mol. The van der Waals surface area contributed by atoms with Gasteiger partial charge in [-0.25, -0.2) is 19.2 Å². The van der Waals surface area contributed by atoms with E-state index in [1.165, 1.54) is 18.5 Å². The fraction of sp³-hybridized carbons (Fsp3) is 0.391. The van der Waals surface area contributed by atoms with Gasteiger partial charge in [0.15, 0.2) is 0 Å². The van der Waals surface area contributed by atoms with Crippen molar-refractivity contribution in [3.63, 3.8) is 0 Å². The molecule has 8 nitrogen and oxygen atoms in total. The molecular formula is C23H25FN4O4S. The van der Waals surface area contributed by atoms with E-state index in [1.54, 1.807) is 24.8 Å². The van der Waals surface area contributed by atoms with E-state index in [0.717, 1.165) is 37.0 Å². The van der Waals surface area contributed by atoms with Gasteiger partial charge in [0.2, 0.25) is 5.91 Å². The summed E-state index contributed by atoms with van der Waals surface area (Å²) in [5.41, 5.74) is 1.10. The first-order valence-corrected chi connectivity index (χ1v) is 11.5. The lowest BCUT2D eigenvalue weighted by Gasteiger charge is -2.34. The summed E-state index contributed by atoms with van der Waals surface area (Å²) in [6.07, 6.45) is 4.40. The average molecular weight is 473 g/mol. The highest BCUT2D eigenvalue weighted by Crippen LogP contribution is 2.37. The van der Waals surface area contributed by atoms with Crippen LogP contribution in [0.25, 0.3) is 10.2 Å². The van der Waals surface area contributed by atoms with Crippen LogP contribution in [0.4, 0.5) is 15.9 Å². The summed E-state index contributed by atoms with van der Waals surface area (Å²) in [5.74, 6) is -0.602. The van der Waals surface area contributed by atoms with Gasteiger partial charge in [0, 0.05) is 26.1 Å². The lowest BCUT2D eigenvalue weighted by Crippen LogP contribution is -2.40. The van der Waals surface area contributed by atoms with Gasteiger partial charge < -0.3 is 20.1 Å². The van der Waals surface area contributed by atoms with E-state index in [2.05, 4.69) is 15.3 Å². The first kappa shape index (κ1) is 22.9. The number of aromatic nitrogens is 2. The van der Waals surface area contributed by atoms with Gasteiger partial charge in [-0.2, -0.15) is 0 Å². The highest BCUT2D eigenvalue weighted by Gasteiger charge is 2.27. The van der Waals surface area contributed by atoms with Crippen LogP contribution in [-0.4, -0.2) is 51.0 Å². The van der Waals surface area contributed by atoms with Crippen LogP contribution in [-0.2, 0) is 4.79 Å². The maximum Gasteiger partial charge on any atom is 0.346 e. The number of thiophene rings is 1. The number of carbonyl (C=O) groups is 2. The number of aryl methyl sites for hydroxylation is 1. The minimum absolute atomic E-state index is 0.0435. The Morgan fingerprint density at radius 2 is 1.97 bits per heavy atom. The van der Waals surface area contributed by atoms with Crippen molar-refractivity contribution in [1.82, 2.24) is 14.9 Å². The number of nitrogens with one attached hydrogen (secondary N) is 1. The lowest BCUT2D eigenvalue weighted by molar-refractivity contribution is -0.130. The summed E-state index contributed by atoms with van der Waals surface area (Å²) in [7, 11) is 1.81. The first-order valence-electron chi connectivity index (χ1n) is 10.7. The topological polar surface area (TPSA) is 105 Å². The van der Waals surface area contributed by atoms with E-state index < -0.39 is 11.8 Å². The van der Waals surface area contributed by atoms with Crippen LogP contribution in [0.1, 0.15) is 47.8 Å². The Morgan fingerprint density at radius 1 is 1.24 bits per heavy atom. The maximum atomic E-state index is 14.1. The summed E-state index contributed by atoms with van der Waals surface area (Å²) in [5, 5.41) is 13.2. The van der Waals surface area contributed by atoms with Gasteiger partial charge in [-0.15, -0.1) is 11.3 Å². The molecule has 174 valence electrons. The van der Waals surface area contributed by atoms with Crippen molar-refractivity contribution in [1.29, 1.82) is 0 Å². The van der Waals surface area contributed by atoms with Crippen molar-refractivity contribution in [3.05, 3.63) is 40.8 Å². The molecule has 0 bridgehead atoms. The fourth-order valence-corrected chi connectivity index (χ4v) is 5.17. The third kappa shape index (κ3) is 4.75. The normalized spacial score (nSPS) is 18.2. The molecule has 2 heterocycles. The van der Waals surface area contributed by atoms with Crippen molar-refractivity contribution in [2.45, 2.75) is 51.7 Å². The molecule has 1 aromatic carbocycles. The zero-order chi connectivity index (χ0) is 23.7. The minimum Gasteiger partial charge on any atom is -0.488 e. The number of anilines is 2. The third-order valence-corrected chi connectivity index (χ3v) is 7.29. The second kappa shape index (κ2) is 9.30. The monoisotopic (exact) mass is 472 g/mol. The summed E-state index contributed by atoms with van der Waals surface area (Å²) in [6, 6.07) is 4.42. The molecule has 0 saturated heterocycles. The quantitative estimate of drug-likeness (QED) is 0.533. The van der Waals surface area contributed by atoms with Gasteiger partial charge in [-0.1, -0.05) is 0 Å². The number of carboxylic acid groups (broad SMARTS) is 1. The van der Waals surface area contributed by atoms with E-state index in [0.29, 0.717) is 33.0 Å². The number of fused-ring (bicyclic) bond motifs is 1. The van der Waals surface area contributed by atoms with Crippen LogP contribution in [0.15, 0.2) is 24.5 Å². The summed E-state index contributed by atoms with van der Waals surface area (Å²) < 4.78 is 20.2. The molecule has 3 aromatic rings. The second-order valence-corrected chi connectivity index (χ2v) is 9.21. The Kier molecular flexibility index (Phi) is 6.46. The molecule has 2 N–H and O–H groups in total. The molecule has 33 heavy (non-hydrogen) atoms. The molecule has 10 heteroatoms. The van der Waals surface area contributed by atoms with E-state index in [4.69, 9.17) is 4.74 Å². The van der Waals surface area contributed by atoms with Gasteiger partial charge in [-0.3, -0.25) is 4.79 Å². The zero-order valence-electron chi connectivity index (χ0n) is 18.6. The molecule has 0 atom stereocenters. The molecule has 1 fully saturated rings. The molecule has 1 aliphatic rings. The van der Waals surface area contributed by atoms with E-state index in [-0.39, 0.29) is 22.9 Å². The van der Waals surface area contributed by atoms with Crippen molar-refractivity contribution in [3.8, 4) is 5.75 Å². The largest absolute Gasteiger partial charge is 0.488 e. The molecule has 0 spiro atoms. The molecule has 1 aliphatic carbocycles. The number of ether oxygens (including phenoxy) is 1. The van der Waals surface area contributed by atoms with Crippen LogP contribution >= 0.6 is 11.3 Å². The predicted octanol–water partition coefficient (Wildman–Crippen LogP) is 4.75. The fourth-order valence-electron chi connectivity index (χ4n) is 4.18. The second-order valence-electron chi connectivity index (χ2n) is 8.21. The third-order valence-electron chi connectivity index (χ3n) is 6.10. The van der Waals surface area contributed by atoms with Crippen LogP contribution in [0.5, 0.6) is 5.75 Å². The number of amides is 1. The van der Waals surface area contributed by atoms with Crippen LogP contribution in [0.3, 0.4) is 0 Å². The summed E-state index contributed by atoms with van der Waals surface area (Å²) in [4.78, 5) is 34.2. The van der Waals surface area contributed by atoms with Gasteiger partial charge >= 0.3 is 5.97 Å². The average Bonchev–Trinajstić information content (AvgIpc) is 3.13. The first-order chi connectivity index (χ1) is 15.7. The van der Waals surface area contributed by atoms with Gasteiger partial charge in [-0.05, 0) is 50.3 Å². The van der Waals surface area contributed by atoms with Crippen molar-refractivity contribution in [2.24, 2.45) is 0 Å². The number of carbonyl (C=O) groups excluding carboxylic acids is 1. The molecule has 1 amide bonds. The number of nitrogens with zero attached hydrogens (tertiary/aromatic N) is 3. The van der Waals surface area contributed by atoms with E-state index in [9.17, 15) is 19.1 Å². The summed E-state index contributed by atoms with van der Waals surface area (Å²) in [6.45, 7) is 3.28. The Labute approximate surface area is 194 Å². The standard InChI is InChI=1S/C23H25FN4O4S/c1-12-19-21(25-11-26-22(19)33-20(12)23(30)31)27-17-9-4-14(24)10-18(17)32-16-7-5-15(6-8-16)28(3)13(2)29/h4,9-11,15-16H,5-8H2,1-3H3,(H,30,31)(H,25,26,27)/t15-,16-. The zero-order valence-corrected chi connectivity index (χ0v) is 19.4. The smallest absolute Gasteiger partial charge is 0.346 e. The van der Waals surface area contributed by atoms with Crippen molar-refractivity contribution < 1.29 is 23.8 Å². The Hall–Kier alpha value is -3.27. The number of carboxylic acids is 1. The summed E-state index contributed by atoms with van der Waals surface area (Å²) >= 11 is 1.09. The number of rotatable bonds is 6. The van der Waals surface area contributed by atoms with Crippen molar-refractivity contribution in [2.75, 3.05) is 12.4 Å². The van der Waals surface area contributed by atoms with Gasteiger partial charge in [0.05, 0.1) is 17.2 Å². The van der Waals surface area contributed by atoms with Gasteiger partial charge in [0.1, 0.15) is 33.4 Å². The molecule has 2 aromatic heterocycles. The van der Waals surface area contributed by atoms with Crippen LogP contribution in [0, 0.1) is 12.7 Å². The highest BCUT2D eigenvalue weighted by molar-refractivity contribution is 7.20. The van der Waals surface area contributed by atoms with Crippen LogP contribution < -0.4 is 10.1 Å². The number of aromatic carboxylic acids is 1. The number of hydrogen-bond acceptors (Lipinski definition) is 7. The molecule has 0 unspecified atom stereocenters. The molecule has 1 saturated carbocycles.